The summed E-state index contributed by atoms with van der Waals surface area (Å²) in [5, 5.41) is 6.55. The van der Waals surface area contributed by atoms with Crippen LogP contribution in [0.1, 0.15) is 43.4 Å². The number of guanidine groups is 1. The summed E-state index contributed by atoms with van der Waals surface area (Å²) >= 11 is 0. The van der Waals surface area contributed by atoms with E-state index < -0.39 is 54.2 Å². The van der Waals surface area contributed by atoms with Crippen molar-refractivity contribution in [3.8, 4) is 11.5 Å². The number of benzene rings is 2. The number of nitrogens with one attached hydrogen (secondary N) is 2. The van der Waals surface area contributed by atoms with Gasteiger partial charge in [0.1, 0.15) is 23.6 Å². The predicted molar refractivity (Wildman–Crippen MR) is 155 cm³/mol. The van der Waals surface area contributed by atoms with E-state index in [9.17, 15) is 24.0 Å². The van der Waals surface area contributed by atoms with Crippen LogP contribution in [0.25, 0.3) is 0 Å². The van der Waals surface area contributed by atoms with Crippen molar-refractivity contribution in [1.82, 2.24) is 20.7 Å². The minimum absolute atomic E-state index is 0.117. The van der Waals surface area contributed by atoms with E-state index in [1.165, 1.54) is 14.2 Å². The number of carbonyl (C=O) groups is 5. The zero-order chi connectivity index (χ0) is 31.7. The van der Waals surface area contributed by atoms with Gasteiger partial charge in [-0.1, -0.05) is 24.3 Å². The van der Waals surface area contributed by atoms with Crippen LogP contribution in [0.15, 0.2) is 53.5 Å². The van der Waals surface area contributed by atoms with E-state index in [0.717, 1.165) is 6.92 Å². The fraction of sp³-hybridized carbons (Fsp3) is 0.357. The van der Waals surface area contributed by atoms with Crippen LogP contribution < -0.4 is 37.3 Å². The molecule has 2 aromatic rings. The Morgan fingerprint density at radius 3 is 1.95 bits per heavy atom. The van der Waals surface area contributed by atoms with Gasteiger partial charge in [-0.25, -0.2) is 9.80 Å². The van der Waals surface area contributed by atoms with Crippen LogP contribution in [0, 0.1) is 0 Å². The zero-order valence-electron chi connectivity index (χ0n) is 24.1. The molecule has 1 fully saturated rings. The van der Waals surface area contributed by atoms with E-state index in [-0.39, 0.29) is 18.9 Å². The lowest BCUT2D eigenvalue weighted by Gasteiger charge is -2.35. The molecule has 0 aliphatic carbocycles. The van der Waals surface area contributed by atoms with Crippen LogP contribution in [0.5, 0.6) is 11.5 Å². The molecule has 2 atom stereocenters. The van der Waals surface area contributed by atoms with Gasteiger partial charge in [0.15, 0.2) is 5.96 Å². The van der Waals surface area contributed by atoms with E-state index >= 15 is 0 Å². The Morgan fingerprint density at radius 1 is 0.977 bits per heavy atom. The first kappa shape index (κ1) is 32.2. The van der Waals surface area contributed by atoms with Crippen molar-refractivity contribution < 1.29 is 33.4 Å². The number of ether oxygens (including phenoxy) is 2. The van der Waals surface area contributed by atoms with Gasteiger partial charge >= 0.3 is 6.03 Å². The van der Waals surface area contributed by atoms with Crippen LogP contribution in [0.4, 0.5) is 4.79 Å². The summed E-state index contributed by atoms with van der Waals surface area (Å²) in [4.78, 5) is 69.0. The molecule has 15 heteroatoms. The number of hydrogen-bond donors (Lipinski definition) is 5. The maximum atomic E-state index is 13.9. The lowest BCUT2D eigenvalue weighted by atomic mass is 9.97. The van der Waals surface area contributed by atoms with E-state index in [0.29, 0.717) is 39.1 Å². The van der Waals surface area contributed by atoms with Crippen LogP contribution in [0.3, 0.4) is 0 Å². The molecule has 1 heterocycles. The highest BCUT2D eigenvalue weighted by Crippen LogP contribution is 2.27. The van der Waals surface area contributed by atoms with Gasteiger partial charge in [0.2, 0.25) is 17.7 Å². The molecule has 3 rings (SSSR count). The van der Waals surface area contributed by atoms with Crippen molar-refractivity contribution in [3.63, 3.8) is 0 Å². The van der Waals surface area contributed by atoms with Crippen molar-refractivity contribution in [2.45, 2.75) is 44.3 Å². The lowest BCUT2D eigenvalue weighted by molar-refractivity contribution is -0.163. The number of imide groups is 1. The van der Waals surface area contributed by atoms with Crippen LogP contribution >= 0.6 is 0 Å². The van der Waals surface area contributed by atoms with E-state index in [1.807, 2.05) is 0 Å². The molecular weight excluding hydrogens is 560 g/mol. The molecule has 0 aromatic heterocycles. The van der Waals surface area contributed by atoms with Gasteiger partial charge in [0.05, 0.1) is 26.7 Å². The minimum Gasteiger partial charge on any atom is -0.497 e. The smallest absolute Gasteiger partial charge is 0.344 e. The summed E-state index contributed by atoms with van der Waals surface area (Å²) < 4.78 is 10.5. The predicted octanol–water partition coefficient (Wildman–Crippen LogP) is -0.109. The Kier molecular flexibility index (Phi) is 10.9. The molecule has 6 amide bonds. The Bertz CT molecular complexity index is 1310. The molecule has 2 aromatic carbocycles. The summed E-state index contributed by atoms with van der Waals surface area (Å²) in [6.07, 6.45) is -0.165. The third-order valence-electron chi connectivity index (χ3n) is 6.66. The second kappa shape index (κ2) is 14.5. The second-order valence-corrected chi connectivity index (χ2v) is 9.64. The number of methoxy groups -OCH3 is 2. The van der Waals surface area contributed by atoms with Gasteiger partial charge in [0.25, 0.3) is 5.91 Å². The van der Waals surface area contributed by atoms with Crippen molar-refractivity contribution in [1.29, 1.82) is 0 Å². The molecule has 1 aliphatic rings. The SMILES string of the molecule is COc1ccc(C(NC(=O)[C@H](CC(N)=O)N(C(C)=O)N2C(=O)NC(CCCN=C(N)N)C2=O)c2ccc(OC)cc2)cc1. The standard InChI is InChI=1S/C28H36N8O7/c1-16(37)35(36-26(40)21(33-28(36)41)5-4-14-32-27(30)31)22(15-23(29)38)25(39)34-24(17-6-10-19(42-2)11-7-17)18-8-12-20(43-3)13-9-18/h6-13,21-22,24H,4-5,14-15H2,1-3H3,(H2,29,38)(H,33,41)(H,34,39)(H4,30,31,32)/t21?,22-/m0/s1. The van der Waals surface area contributed by atoms with E-state index in [1.54, 1.807) is 48.5 Å². The molecule has 1 aliphatic heterocycles. The lowest BCUT2D eigenvalue weighted by Crippen LogP contribution is -2.60. The largest absolute Gasteiger partial charge is 0.497 e. The molecule has 43 heavy (non-hydrogen) atoms. The topological polar surface area (TPSA) is 225 Å². The molecule has 0 saturated carbocycles. The molecular formula is C28H36N8O7. The summed E-state index contributed by atoms with van der Waals surface area (Å²) in [6.45, 7) is 1.28. The van der Waals surface area contributed by atoms with Gasteiger partial charge in [-0.3, -0.25) is 24.2 Å². The quantitative estimate of drug-likeness (QED) is 0.0847. The number of amides is 6. The molecule has 1 unspecified atom stereocenters. The molecule has 230 valence electrons. The van der Waals surface area contributed by atoms with Crippen molar-refractivity contribution in [2.75, 3.05) is 20.8 Å². The highest BCUT2D eigenvalue weighted by atomic mass is 16.5. The van der Waals surface area contributed by atoms with Gasteiger partial charge < -0.3 is 37.3 Å². The first-order chi connectivity index (χ1) is 20.5. The van der Waals surface area contributed by atoms with Crippen LogP contribution in [-0.2, 0) is 19.2 Å². The van der Waals surface area contributed by atoms with Crippen LogP contribution in [-0.4, -0.2) is 78.5 Å². The Labute approximate surface area is 248 Å². The Balaban J connectivity index is 1.94. The monoisotopic (exact) mass is 596 g/mol. The van der Waals surface area contributed by atoms with E-state index in [2.05, 4.69) is 15.6 Å². The van der Waals surface area contributed by atoms with Gasteiger partial charge in [-0.05, 0) is 48.2 Å². The summed E-state index contributed by atoms with van der Waals surface area (Å²) in [5.41, 5.74) is 17.4. The molecule has 0 spiro atoms. The number of hydrogen-bond acceptors (Lipinski definition) is 8. The van der Waals surface area contributed by atoms with Crippen molar-refractivity contribution in [3.05, 3.63) is 59.7 Å². The number of carbonyl (C=O) groups excluding carboxylic acids is 5. The minimum atomic E-state index is -1.64. The summed E-state index contributed by atoms with van der Waals surface area (Å²) in [6, 6.07) is 9.45. The van der Waals surface area contributed by atoms with Crippen molar-refractivity contribution in [2.24, 2.45) is 22.2 Å². The number of aliphatic imine (C=N–C) groups is 1. The number of urea groups is 1. The fourth-order valence-electron chi connectivity index (χ4n) is 4.59. The second-order valence-electron chi connectivity index (χ2n) is 9.64. The molecule has 8 N–H and O–H groups in total. The average Bonchev–Trinajstić information content (AvgIpc) is 3.25. The Morgan fingerprint density at radius 2 is 1.51 bits per heavy atom. The zero-order valence-corrected chi connectivity index (χ0v) is 24.1. The third-order valence-corrected chi connectivity index (χ3v) is 6.66. The summed E-state index contributed by atoms with van der Waals surface area (Å²) in [7, 11) is 3.04. The number of nitrogens with two attached hydrogens (primary N) is 3. The average molecular weight is 597 g/mol. The van der Waals surface area contributed by atoms with E-state index in [4.69, 9.17) is 26.7 Å². The number of primary amides is 1. The van der Waals surface area contributed by atoms with Crippen LogP contribution in [0.2, 0.25) is 0 Å². The van der Waals surface area contributed by atoms with Gasteiger partial charge in [-0.2, -0.15) is 5.01 Å². The molecule has 0 radical (unpaired) electrons. The molecule has 1 saturated heterocycles. The maximum absolute atomic E-state index is 13.9. The maximum Gasteiger partial charge on any atom is 0.344 e. The highest BCUT2D eigenvalue weighted by Gasteiger charge is 2.47. The molecule has 0 bridgehead atoms. The summed E-state index contributed by atoms with van der Waals surface area (Å²) in [5.74, 6) is -2.33. The van der Waals surface area contributed by atoms with Gasteiger partial charge in [-0.15, -0.1) is 0 Å². The number of hydrazine groups is 1. The number of nitrogens with zero attached hydrogens (tertiary/aromatic N) is 3. The third kappa shape index (κ3) is 8.12. The first-order valence-corrected chi connectivity index (χ1v) is 13.3. The normalized spacial score (nSPS) is 15.0. The van der Waals surface area contributed by atoms with Gasteiger partial charge in [0, 0.05) is 13.5 Å². The molecule has 15 nitrogen and oxygen atoms in total. The Hall–Kier alpha value is -5.34. The first-order valence-electron chi connectivity index (χ1n) is 13.3. The highest BCUT2D eigenvalue weighted by molar-refractivity contribution is 6.06. The number of rotatable bonds is 14. The van der Waals surface area contributed by atoms with Crippen molar-refractivity contribution >= 4 is 35.6 Å². The fourth-order valence-corrected chi connectivity index (χ4v) is 4.59.